The molecule has 36 heavy (non-hydrogen) atoms. The van der Waals surface area contributed by atoms with E-state index in [1.807, 2.05) is 49.4 Å². The third-order valence-corrected chi connectivity index (χ3v) is 7.80. The number of fused-ring (bicyclic) bond motifs is 1. The fraction of sp³-hybridized carbons (Fsp3) is 0.286. The van der Waals surface area contributed by atoms with Crippen molar-refractivity contribution in [2.45, 2.75) is 32.7 Å². The molecule has 0 unspecified atom stereocenters. The first-order valence-electron chi connectivity index (χ1n) is 12.1. The number of hydrogen-bond acceptors (Lipinski definition) is 5. The van der Waals surface area contributed by atoms with Crippen LogP contribution in [0.1, 0.15) is 41.6 Å². The number of para-hydroxylation sites is 1. The van der Waals surface area contributed by atoms with Gasteiger partial charge in [0.1, 0.15) is 6.54 Å². The Labute approximate surface area is 214 Å². The van der Waals surface area contributed by atoms with E-state index in [1.165, 1.54) is 0 Å². The van der Waals surface area contributed by atoms with Crippen molar-refractivity contribution >= 4 is 45.8 Å². The van der Waals surface area contributed by atoms with E-state index < -0.39 is 11.1 Å². The molecule has 3 heterocycles. The van der Waals surface area contributed by atoms with Crippen LogP contribution in [0.3, 0.4) is 0 Å². The molecule has 3 aromatic rings. The Balaban J connectivity index is 1.46. The van der Waals surface area contributed by atoms with Crippen LogP contribution >= 0.6 is 11.8 Å². The van der Waals surface area contributed by atoms with Gasteiger partial charge in [-0.3, -0.25) is 19.3 Å². The number of piperidine rings is 1. The van der Waals surface area contributed by atoms with E-state index in [9.17, 15) is 19.6 Å². The molecule has 182 valence electrons. The van der Waals surface area contributed by atoms with E-state index in [2.05, 4.69) is 10.6 Å². The van der Waals surface area contributed by atoms with Crippen LogP contribution in [-0.2, 0) is 16.1 Å². The van der Waals surface area contributed by atoms with Crippen molar-refractivity contribution in [2.24, 2.45) is 0 Å². The highest BCUT2D eigenvalue weighted by molar-refractivity contribution is 8.18. The second-order valence-corrected chi connectivity index (χ2v) is 10.1. The number of imide groups is 1. The summed E-state index contributed by atoms with van der Waals surface area (Å²) in [6.07, 6.45) is 4.77. The van der Waals surface area contributed by atoms with Gasteiger partial charge in [0, 0.05) is 41.8 Å². The summed E-state index contributed by atoms with van der Waals surface area (Å²) in [7, 11) is 0. The molecule has 0 N–H and O–H groups in total. The van der Waals surface area contributed by atoms with E-state index >= 15 is 0 Å². The number of benzene rings is 2. The van der Waals surface area contributed by atoms with Crippen molar-refractivity contribution in [3.63, 3.8) is 0 Å². The van der Waals surface area contributed by atoms with Crippen LogP contribution in [-0.4, -0.2) is 51.1 Å². The average Bonchev–Trinajstić information content (AvgIpc) is 3.32. The van der Waals surface area contributed by atoms with Crippen LogP contribution in [0.4, 0.5) is 4.79 Å². The molecule has 8 heteroatoms. The zero-order chi connectivity index (χ0) is 25.2. The van der Waals surface area contributed by atoms with Gasteiger partial charge in [-0.25, -0.2) is 0 Å². The Morgan fingerprint density at radius 2 is 1.78 bits per heavy atom. The Morgan fingerprint density at radius 3 is 2.56 bits per heavy atom. The zero-order valence-electron chi connectivity index (χ0n) is 20.1. The number of nitrogens with zero attached hydrogens (tertiary/aromatic N) is 4. The number of hydrogen-bond donors (Lipinski definition) is 0. The maximum Gasteiger partial charge on any atom is 0.294 e. The highest BCUT2D eigenvalue weighted by Gasteiger charge is 2.37. The molecule has 0 saturated carbocycles. The molecule has 0 radical (unpaired) electrons. The van der Waals surface area contributed by atoms with Crippen LogP contribution in [0, 0.1) is 18.3 Å². The van der Waals surface area contributed by atoms with Gasteiger partial charge in [-0.15, -0.1) is 0 Å². The lowest BCUT2D eigenvalue weighted by Crippen LogP contribution is -2.44. The van der Waals surface area contributed by atoms with Crippen LogP contribution < -0.4 is 0 Å². The average molecular weight is 499 g/mol. The summed E-state index contributed by atoms with van der Waals surface area (Å²) in [5, 5.41) is 10.1. The lowest BCUT2D eigenvalue weighted by atomic mass is 10.1. The van der Waals surface area contributed by atoms with Crippen molar-refractivity contribution in [3.05, 3.63) is 75.8 Å². The fourth-order valence-electron chi connectivity index (χ4n) is 4.93. The van der Waals surface area contributed by atoms with Crippen LogP contribution in [0.2, 0.25) is 0 Å². The Morgan fingerprint density at radius 1 is 1.06 bits per heavy atom. The van der Waals surface area contributed by atoms with Gasteiger partial charge in [0.15, 0.2) is 0 Å². The summed E-state index contributed by atoms with van der Waals surface area (Å²) in [5.74, 6) is -0.608. The molecule has 7 nitrogen and oxygen atoms in total. The number of carbonyl (C=O) groups is 3. The van der Waals surface area contributed by atoms with Gasteiger partial charge in [-0.05, 0) is 61.7 Å². The van der Waals surface area contributed by atoms with Crippen molar-refractivity contribution < 1.29 is 14.4 Å². The number of amides is 3. The Hall–Kier alpha value is -3.83. The number of carbonyl (C=O) groups excluding carboxylic acids is 3. The van der Waals surface area contributed by atoms with Crippen molar-refractivity contribution in [3.8, 4) is 6.07 Å². The lowest BCUT2D eigenvalue weighted by molar-refractivity contribution is -0.136. The number of rotatable bonds is 5. The molecule has 5 rings (SSSR count). The lowest BCUT2D eigenvalue weighted by Gasteiger charge is -2.27. The largest absolute Gasteiger partial charge is 0.341 e. The number of thioether (sulfide) groups is 1. The molecule has 0 bridgehead atoms. The van der Waals surface area contributed by atoms with Crippen molar-refractivity contribution in [1.29, 1.82) is 5.26 Å². The summed E-state index contributed by atoms with van der Waals surface area (Å²) in [6.45, 7) is 3.63. The highest BCUT2D eigenvalue weighted by Crippen LogP contribution is 2.36. The molecule has 2 aliphatic heterocycles. The fourth-order valence-corrected chi connectivity index (χ4v) is 5.75. The zero-order valence-corrected chi connectivity index (χ0v) is 20.9. The van der Waals surface area contributed by atoms with Crippen LogP contribution in [0.5, 0.6) is 0 Å². The van der Waals surface area contributed by atoms with Gasteiger partial charge in [-0.1, -0.05) is 36.4 Å². The maximum absolute atomic E-state index is 13.2. The molecule has 3 amide bonds. The van der Waals surface area contributed by atoms with Crippen molar-refractivity contribution in [1.82, 2.24) is 14.4 Å². The molecule has 2 aliphatic rings. The van der Waals surface area contributed by atoms with E-state index in [-0.39, 0.29) is 12.5 Å². The summed E-state index contributed by atoms with van der Waals surface area (Å²) in [5.41, 5.74) is 4.30. The standard InChI is InChI=1S/C28H26N4O3S/c1-19-23(15-25-27(34)32(28(35)36-25)18-26(33)30-13-7-2-8-14-30)22-11-5-6-12-24(22)31(19)17-21-10-4-3-9-20(21)16-29/h3-6,9-12,15H,2,7-8,13-14,17-18H2,1H3/b25-15-. The molecule has 0 spiro atoms. The van der Waals surface area contributed by atoms with Crippen molar-refractivity contribution in [2.75, 3.05) is 19.6 Å². The third-order valence-electron chi connectivity index (χ3n) is 6.90. The second kappa shape index (κ2) is 10.0. The van der Waals surface area contributed by atoms with E-state index in [4.69, 9.17) is 0 Å². The molecule has 0 atom stereocenters. The maximum atomic E-state index is 13.2. The number of nitriles is 1. The second-order valence-electron chi connectivity index (χ2n) is 9.08. The smallest absolute Gasteiger partial charge is 0.294 e. The minimum atomic E-state index is -0.429. The van der Waals surface area contributed by atoms with Gasteiger partial charge >= 0.3 is 0 Å². The highest BCUT2D eigenvalue weighted by atomic mass is 32.2. The topological polar surface area (TPSA) is 86.4 Å². The predicted molar refractivity (Wildman–Crippen MR) is 140 cm³/mol. The quantitative estimate of drug-likeness (QED) is 0.466. The molecule has 2 fully saturated rings. The molecule has 1 aromatic heterocycles. The molecule has 2 saturated heterocycles. The van der Waals surface area contributed by atoms with Gasteiger partial charge in [-0.2, -0.15) is 5.26 Å². The first kappa shape index (κ1) is 23.9. The molecular formula is C28H26N4O3S. The van der Waals surface area contributed by atoms with Gasteiger partial charge < -0.3 is 9.47 Å². The Bertz CT molecular complexity index is 1440. The van der Waals surface area contributed by atoms with Crippen LogP contribution in [0.15, 0.2) is 53.4 Å². The summed E-state index contributed by atoms with van der Waals surface area (Å²) in [6, 6.07) is 17.7. The number of aromatic nitrogens is 1. The monoisotopic (exact) mass is 498 g/mol. The first-order valence-corrected chi connectivity index (χ1v) is 12.9. The van der Waals surface area contributed by atoms with E-state index in [1.54, 1.807) is 17.0 Å². The van der Waals surface area contributed by atoms with E-state index in [0.29, 0.717) is 30.1 Å². The molecule has 2 aromatic carbocycles. The summed E-state index contributed by atoms with van der Waals surface area (Å²) < 4.78 is 2.13. The minimum absolute atomic E-state index is 0.179. The third kappa shape index (κ3) is 4.42. The summed E-state index contributed by atoms with van der Waals surface area (Å²) >= 11 is 0.877. The minimum Gasteiger partial charge on any atom is -0.341 e. The Kier molecular flexibility index (Phi) is 6.66. The van der Waals surface area contributed by atoms with Gasteiger partial charge in [0.25, 0.3) is 11.1 Å². The summed E-state index contributed by atoms with van der Waals surface area (Å²) in [4.78, 5) is 41.7. The van der Waals surface area contributed by atoms with Gasteiger partial charge in [0.05, 0.1) is 16.5 Å². The molecular weight excluding hydrogens is 472 g/mol. The van der Waals surface area contributed by atoms with Gasteiger partial charge in [0.2, 0.25) is 5.91 Å². The van der Waals surface area contributed by atoms with E-state index in [0.717, 1.165) is 63.6 Å². The normalized spacial score (nSPS) is 17.3. The first-order chi connectivity index (χ1) is 17.5. The molecule has 0 aliphatic carbocycles. The SMILES string of the molecule is Cc1c(/C=C2\SC(=O)N(CC(=O)N3CCCCC3)C2=O)c2ccccc2n1Cc1ccccc1C#N. The van der Waals surface area contributed by atoms with Crippen LogP contribution in [0.25, 0.3) is 17.0 Å². The number of likely N-dealkylation sites (tertiary alicyclic amines) is 1. The predicted octanol–water partition coefficient (Wildman–Crippen LogP) is 4.92.